The third-order valence-corrected chi connectivity index (χ3v) is 2.72. The molecule has 1 aliphatic rings. The van der Waals surface area contributed by atoms with Crippen LogP contribution in [0.4, 0.5) is 11.6 Å². The third kappa shape index (κ3) is 2.36. The Kier molecular flexibility index (Phi) is 3.01. The van der Waals surface area contributed by atoms with Crippen molar-refractivity contribution in [2.24, 2.45) is 0 Å². The molecule has 2 rings (SSSR count). The molecule has 1 saturated heterocycles. The minimum Gasteiger partial charge on any atom is -0.396 e. The summed E-state index contributed by atoms with van der Waals surface area (Å²) in [5, 5.41) is 0. The van der Waals surface area contributed by atoms with Crippen LogP contribution in [-0.4, -0.2) is 36.3 Å². The lowest BCUT2D eigenvalue weighted by Crippen LogP contribution is -2.37. The van der Waals surface area contributed by atoms with Gasteiger partial charge in [0.15, 0.2) is 0 Å². The van der Waals surface area contributed by atoms with E-state index in [0.29, 0.717) is 11.8 Å². The maximum atomic E-state index is 5.54. The molecular formula is C10H16N4O. The number of hydrogen-bond acceptors (Lipinski definition) is 5. The van der Waals surface area contributed by atoms with Crippen molar-refractivity contribution in [3.8, 4) is 0 Å². The summed E-state index contributed by atoms with van der Waals surface area (Å²) in [6.45, 7) is 1.89. The normalized spacial score (nSPS) is 18.1. The quantitative estimate of drug-likeness (QED) is 0.774. The predicted octanol–water partition coefficient (Wildman–Crippen LogP) is 0.674. The van der Waals surface area contributed by atoms with Gasteiger partial charge in [-0.1, -0.05) is 0 Å². The predicted molar refractivity (Wildman–Crippen MR) is 58.7 cm³/mol. The molecule has 0 bridgehead atoms. The topological polar surface area (TPSA) is 64.3 Å². The number of hydrogen-bond donors (Lipinski definition) is 1. The molecule has 1 fully saturated rings. The van der Waals surface area contributed by atoms with Gasteiger partial charge in [-0.25, -0.2) is 9.97 Å². The molecule has 82 valence electrons. The van der Waals surface area contributed by atoms with Gasteiger partial charge in [0.05, 0.1) is 24.2 Å². The van der Waals surface area contributed by atoms with Crippen molar-refractivity contribution < 1.29 is 4.74 Å². The minimum absolute atomic E-state index is 0.384. The number of nitrogens with two attached hydrogens (primary N) is 1. The fourth-order valence-corrected chi connectivity index (χ4v) is 1.79. The highest BCUT2D eigenvalue weighted by molar-refractivity contribution is 5.38. The number of aromatic nitrogens is 2. The second kappa shape index (κ2) is 4.44. The van der Waals surface area contributed by atoms with E-state index >= 15 is 0 Å². The van der Waals surface area contributed by atoms with Crippen LogP contribution in [0.3, 0.4) is 0 Å². The molecule has 0 aromatic carbocycles. The lowest BCUT2D eigenvalue weighted by atomic mass is 10.1. The number of nitrogens with zero attached hydrogens (tertiary/aromatic N) is 3. The van der Waals surface area contributed by atoms with Gasteiger partial charge in [0.25, 0.3) is 0 Å². The molecule has 0 saturated carbocycles. The summed E-state index contributed by atoms with van der Waals surface area (Å²) >= 11 is 0. The Bertz CT molecular complexity index is 306. The van der Waals surface area contributed by atoms with E-state index in [0.717, 1.165) is 31.9 Å². The zero-order valence-electron chi connectivity index (χ0n) is 8.89. The van der Waals surface area contributed by atoms with Gasteiger partial charge in [0, 0.05) is 20.2 Å². The van der Waals surface area contributed by atoms with E-state index in [1.165, 1.54) is 0 Å². The molecule has 5 heteroatoms. The molecule has 0 unspecified atom stereocenters. The number of piperidine rings is 1. The molecule has 0 atom stereocenters. The molecule has 1 aromatic heterocycles. The average Bonchev–Trinajstić information content (AvgIpc) is 2.30. The van der Waals surface area contributed by atoms with Crippen LogP contribution in [0.15, 0.2) is 12.4 Å². The van der Waals surface area contributed by atoms with Crippen molar-refractivity contribution in [1.82, 2.24) is 9.97 Å². The fraction of sp³-hybridized carbons (Fsp3) is 0.600. The SMILES string of the molecule is COC1CCN(c2ncc(N)cn2)CC1. The van der Waals surface area contributed by atoms with Crippen molar-refractivity contribution >= 4 is 11.6 Å². The first-order chi connectivity index (χ1) is 7.29. The lowest BCUT2D eigenvalue weighted by molar-refractivity contribution is 0.0816. The van der Waals surface area contributed by atoms with Crippen LogP contribution < -0.4 is 10.6 Å². The van der Waals surface area contributed by atoms with Crippen molar-refractivity contribution in [2.75, 3.05) is 30.8 Å². The van der Waals surface area contributed by atoms with Crippen LogP contribution in [0.5, 0.6) is 0 Å². The first kappa shape index (κ1) is 10.2. The van der Waals surface area contributed by atoms with Crippen LogP contribution in [0.2, 0.25) is 0 Å². The van der Waals surface area contributed by atoms with Crippen molar-refractivity contribution in [3.63, 3.8) is 0 Å². The van der Waals surface area contributed by atoms with Gasteiger partial charge < -0.3 is 15.4 Å². The molecular weight excluding hydrogens is 192 g/mol. The maximum Gasteiger partial charge on any atom is 0.225 e. The summed E-state index contributed by atoms with van der Waals surface area (Å²) in [6.07, 6.45) is 5.74. The maximum absolute atomic E-state index is 5.54. The van der Waals surface area contributed by atoms with E-state index in [1.54, 1.807) is 19.5 Å². The molecule has 5 nitrogen and oxygen atoms in total. The summed E-state index contributed by atoms with van der Waals surface area (Å²) < 4.78 is 5.31. The van der Waals surface area contributed by atoms with Crippen LogP contribution in [-0.2, 0) is 4.74 Å². The summed E-state index contributed by atoms with van der Waals surface area (Å²) in [5.41, 5.74) is 6.14. The van der Waals surface area contributed by atoms with Gasteiger partial charge in [-0.2, -0.15) is 0 Å². The van der Waals surface area contributed by atoms with Crippen LogP contribution in [0.1, 0.15) is 12.8 Å². The molecule has 15 heavy (non-hydrogen) atoms. The molecule has 0 aliphatic carbocycles. The Morgan fingerprint density at radius 3 is 2.47 bits per heavy atom. The highest BCUT2D eigenvalue weighted by Gasteiger charge is 2.20. The second-order valence-corrected chi connectivity index (χ2v) is 3.74. The van der Waals surface area contributed by atoms with Crippen LogP contribution >= 0.6 is 0 Å². The lowest BCUT2D eigenvalue weighted by Gasteiger charge is -2.31. The smallest absolute Gasteiger partial charge is 0.225 e. The number of nitrogen functional groups attached to an aromatic ring is 1. The largest absolute Gasteiger partial charge is 0.396 e. The van der Waals surface area contributed by atoms with Gasteiger partial charge in [-0.05, 0) is 12.8 Å². The first-order valence-electron chi connectivity index (χ1n) is 5.15. The second-order valence-electron chi connectivity index (χ2n) is 3.74. The molecule has 2 heterocycles. The third-order valence-electron chi connectivity index (χ3n) is 2.72. The number of ether oxygens (including phenoxy) is 1. The summed E-state index contributed by atoms with van der Waals surface area (Å²) in [6, 6.07) is 0. The van der Waals surface area contributed by atoms with Crippen LogP contribution in [0.25, 0.3) is 0 Å². The Labute approximate surface area is 89.3 Å². The highest BCUT2D eigenvalue weighted by atomic mass is 16.5. The van der Waals surface area contributed by atoms with E-state index < -0.39 is 0 Å². The molecule has 2 N–H and O–H groups in total. The minimum atomic E-state index is 0.384. The Morgan fingerprint density at radius 1 is 1.33 bits per heavy atom. The van der Waals surface area contributed by atoms with Gasteiger partial charge in [-0.15, -0.1) is 0 Å². The van der Waals surface area contributed by atoms with Gasteiger partial charge in [0.2, 0.25) is 5.95 Å². The highest BCUT2D eigenvalue weighted by Crippen LogP contribution is 2.17. The summed E-state index contributed by atoms with van der Waals surface area (Å²) in [7, 11) is 1.76. The van der Waals surface area contributed by atoms with E-state index in [9.17, 15) is 0 Å². The molecule has 0 spiro atoms. The van der Waals surface area contributed by atoms with Crippen LogP contribution in [0, 0.1) is 0 Å². The fourth-order valence-electron chi connectivity index (χ4n) is 1.79. The summed E-state index contributed by atoms with van der Waals surface area (Å²) in [4.78, 5) is 10.6. The average molecular weight is 208 g/mol. The zero-order chi connectivity index (χ0) is 10.7. The molecule has 0 radical (unpaired) electrons. The number of methoxy groups -OCH3 is 1. The van der Waals surface area contributed by atoms with Gasteiger partial charge in [0.1, 0.15) is 0 Å². The Balaban J connectivity index is 1.98. The summed E-state index contributed by atoms with van der Waals surface area (Å²) in [5.74, 6) is 0.763. The van der Waals surface area contributed by atoms with Crippen molar-refractivity contribution in [1.29, 1.82) is 0 Å². The monoisotopic (exact) mass is 208 g/mol. The van der Waals surface area contributed by atoms with E-state index in [-0.39, 0.29) is 0 Å². The van der Waals surface area contributed by atoms with E-state index in [2.05, 4.69) is 14.9 Å². The number of anilines is 2. The van der Waals surface area contributed by atoms with Crippen molar-refractivity contribution in [2.45, 2.75) is 18.9 Å². The van der Waals surface area contributed by atoms with E-state index in [4.69, 9.17) is 10.5 Å². The Hall–Kier alpha value is -1.36. The van der Waals surface area contributed by atoms with Gasteiger partial charge >= 0.3 is 0 Å². The van der Waals surface area contributed by atoms with E-state index in [1.807, 2.05) is 0 Å². The standard InChI is InChI=1S/C10H16N4O/c1-15-9-2-4-14(5-3-9)10-12-6-8(11)7-13-10/h6-7,9H,2-5,11H2,1H3. The zero-order valence-corrected chi connectivity index (χ0v) is 8.89. The Morgan fingerprint density at radius 2 is 1.93 bits per heavy atom. The van der Waals surface area contributed by atoms with Crippen molar-refractivity contribution in [3.05, 3.63) is 12.4 Å². The number of rotatable bonds is 2. The first-order valence-corrected chi connectivity index (χ1v) is 5.15. The molecule has 1 aliphatic heterocycles. The van der Waals surface area contributed by atoms with Gasteiger partial charge in [-0.3, -0.25) is 0 Å². The molecule has 1 aromatic rings. The molecule has 0 amide bonds.